The molecule has 0 spiro atoms. The Morgan fingerprint density at radius 1 is 1.32 bits per heavy atom. The van der Waals surface area contributed by atoms with Crippen LogP contribution in [0.15, 0.2) is 23.0 Å². The number of amides is 2. The second kappa shape index (κ2) is 7.63. The number of aryl methyl sites for hydroxylation is 1. The van der Waals surface area contributed by atoms with Gasteiger partial charge >= 0.3 is 6.03 Å². The van der Waals surface area contributed by atoms with Crippen LogP contribution in [0.4, 0.5) is 4.79 Å². The van der Waals surface area contributed by atoms with Crippen LogP contribution in [0.3, 0.4) is 0 Å². The zero-order valence-electron chi connectivity index (χ0n) is 13.3. The van der Waals surface area contributed by atoms with Crippen molar-refractivity contribution in [1.29, 1.82) is 0 Å². The number of aromatic nitrogens is 3. The highest BCUT2D eigenvalue weighted by atomic mass is 16.5. The molecule has 0 aromatic carbocycles. The van der Waals surface area contributed by atoms with Gasteiger partial charge in [0.1, 0.15) is 5.82 Å². The number of carbonyl (C=O) groups is 1. The Morgan fingerprint density at radius 2 is 2.05 bits per heavy atom. The normalized spacial score (nSPS) is 10.9. The minimum absolute atomic E-state index is 0.261. The highest BCUT2D eigenvalue weighted by molar-refractivity contribution is 5.73. The molecule has 2 amide bonds. The lowest BCUT2D eigenvalue weighted by molar-refractivity contribution is 0.238. The van der Waals surface area contributed by atoms with Crippen molar-refractivity contribution in [1.82, 2.24) is 25.3 Å². The Bertz CT molecular complexity index is 601. The Balaban J connectivity index is 1.78. The predicted octanol–water partition coefficient (Wildman–Crippen LogP) is 2.31. The molecule has 7 heteroatoms. The van der Waals surface area contributed by atoms with Crippen LogP contribution in [0.1, 0.15) is 49.9 Å². The van der Waals surface area contributed by atoms with Gasteiger partial charge in [-0.3, -0.25) is 0 Å². The quantitative estimate of drug-likeness (QED) is 0.822. The van der Waals surface area contributed by atoms with Crippen molar-refractivity contribution in [2.75, 3.05) is 0 Å². The van der Waals surface area contributed by atoms with E-state index < -0.39 is 0 Å². The van der Waals surface area contributed by atoms with E-state index in [0.717, 1.165) is 24.4 Å². The zero-order valence-corrected chi connectivity index (χ0v) is 13.3. The van der Waals surface area contributed by atoms with Crippen LogP contribution in [-0.4, -0.2) is 20.7 Å². The number of hydrogen-bond acceptors (Lipinski definition) is 4. The van der Waals surface area contributed by atoms with E-state index in [0.29, 0.717) is 24.8 Å². The topological polar surface area (TPSA) is 85.0 Å². The van der Waals surface area contributed by atoms with Crippen LogP contribution in [-0.2, 0) is 20.1 Å². The van der Waals surface area contributed by atoms with E-state index in [1.54, 1.807) is 6.20 Å². The van der Waals surface area contributed by atoms with Crippen molar-refractivity contribution in [2.45, 2.75) is 45.7 Å². The van der Waals surface area contributed by atoms with E-state index in [1.807, 2.05) is 23.9 Å². The van der Waals surface area contributed by atoms with Crippen molar-refractivity contribution >= 4 is 6.03 Å². The number of imidazole rings is 1. The number of nitrogens with zero attached hydrogens (tertiary/aromatic N) is 3. The molecule has 0 aliphatic rings. The molecule has 120 valence electrons. The van der Waals surface area contributed by atoms with Crippen LogP contribution in [0, 0.1) is 0 Å². The maximum absolute atomic E-state index is 11.8. The summed E-state index contributed by atoms with van der Waals surface area (Å²) in [6.45, 7) is 4.96. The number of hydrogen-bond donors (Lipinski definition) is 2. The van der Waals surface area contributed by atoms with Crippen molar-refractivity contribution in [3.63, 3.8) is 0 Å². The minimum Gasteiger partial charge on any atom is -0.359 e. The van der Waals surface area contributed by atoms with Crippen LogP contribution in [0.2, 0.25) is 0 Å². The molecule has 2 rings (SSSR count). The molecule has 0 aliphatic carbocycles. The van der Waals surface area contributed by atoms with E-state index in [1.165, 1.54) is 0 Å². The monoisotopic (exact) mass is 305 g/mol. The molecule has 2 N–H and O–H groups in total. The standard InChI is InChI=1S/C15H23N5O2/c1-4-11(5-2)13-8-12(22-19-13)9-17-15(21)18-10-14-16-6-7-20(14)3/h6-8,11H,4-5,9-10H2,1-3H3,(H2,17,18,21). The van der Waals surface area contributed by atoms with Crippen LogP contribution in [0.5, 0.6) is 0 Å². The highest BCUT2D eigenvalue weighted by Gasteiger charge is 2.13. The summed E-state index contributed by atoms with van der Waals surface area (Å²) >= 11 is 0. The second-order valence-electron chi connectivity index (χ2n) is 5.22. The average Bonchev–Trinajstić information content (AvgIpc) is 3.14. The molecule has 0 radical (unpaired) electrons. The fourth-order valence-electron chi connectivity index (χ4n) is 2.27. The van der Waals surface area contributed by atoms with Gasteiger partial charge in [0, 0.05) is 31.4 Å². The lowest BCUT2D eigenvalue weighted by Gasteiger charge is -2.06. The summed E-state index contributed by atoms with van der Waals surface area (Å²) in [6.07, 6.45) is 5.59. The first-order chi connectivity index (χ1) is 10.6. The first kappa shape index (κ1) is 16.1. The molecule has 2 aromatic rings. The van der Waals surface area contributed by atoms with E-state index in [9.17, 15) is 4.79 Å². The lowest BCUT2D eigenvalue weighted by atomic mass is 9.99. The van der Waals surface area contributed by atoms with Crippen LogP contribution in [0.25, 0.3) is 0 Å². The van der Waals surface area contributed by atoms with Gasteiger partial charge < -0.3 is 19.7 Å². The number of nitrogens with one attached hydrogen (secondary N) is 2. The van der Waals surface area contributed by atoms with Crippen molar-refractivity contribution < 1.29 is 9.32 Å². The van der Waals surface area contributed by atoms with Crippen molar-refractivity contribution in [2.24, 2.45) is 7.05 Å². The Morgan fingerprint density at radius 3 is 2.68 bits per heavy atom. The van der Waals surface area contributed by atoms with Gasteiger partial charge in [0.25, 0.3) is 0 Å². The fraction of sp³-hybridized carbons (Fsp3) is 0.533. The molecule has 22 heavy (non-hydrogen) atoms. The smallest absolute Gasteiger partial charge is 0.315 e. The molecule has 0 atom stereocenters. The molecule has 0 aliphatic heterocycles. The van der Waals surface area contributed by atoms with Gasteiger partial charge in [-0.05, 0) is 12.8 Å². The van der Waals surface area contributed by atoms with Gasteiger partial charge in [-0.1, -0.05) is 19.0 Å². The summed E-state index contributed by atoms with van der Waals surface area (Å²) in [6, 6.07) is 1.65. The van der Waals surface area contributed by atoms with Crippen molar-refractivity contribution in [3.05, 3.63) is 35.7 Å². The van der Waals surface area contributed by atoms with Gasteiger partial charge in [-0.15, -0.1) is 0 Å². The number of urea groups is 1. The molecule has 2 aromatic heterocycles. The number of carbonyl (C=O) groups excluding carboxylic acids is 1. The first-order valence-electron chi connectivity index (χ1n) is 7.57. The SMILES string of the molecule is CCC(CC)c1cc(CNC(=O)NCc2nccn2C)on1. The van der Waals surface area contributed by atoms with E-state index in [2.05, 4.69) is 34.6 Å². The van der Waals surface area contributed by atoms with Gasteiger partial charge in [-0.25, -0.2) is 9.78 Å². The average molecular weight is 305 g/mol. The predicted molar refractivity (Wildman–Crippen MR) is 82.1 cm³/mol. The van der Waals surface area contributed by atoms with E-state index in [4.69, 9.17) is 4.52 Å². The molecule has 0 fully saturated rings. The van der Waals surface area contributed by atoms with Crippen LogP contribution < -0.4 is 10.6 Å². The Hall–Kier alpha value is -2.31. The summed E-state index contributed by atoms with van der Waals surface area (Å²) in [5, 5.41) is 9.58. The summed E-state index contributed by atoms with van der Waals surface area (Å²) in [5.41, 5.74) is 0.954. The fourth-order valence-corrected chi connectivity index (χ4v) is 2.27. The third-order valence-corrected chi connectivity index (χ3v) is 3.73. The number of rotatable bonds is 7. The Labute approximate surface area is 130 Å². The molecular formula is C15H23N5O2. The van der Waals surface area contributed by atoms with Crippen molar-refractivity contribution in [3.8, 4) is 0 Å². The van der Waals surface area contributed by atoms with Crippen LogP contribution >= 0.6 is 0 Å². The lowest BCUT2D eigenvalue weighted by Crippen LogP contribution is -2.35. The third kappa shape index (κ3) is 4.09. The zero-order chi connectivity index (χ0) is 15.9. The van der Waals surface area contributed by atoms with E-state index in [-0.39, 0.29) is 6.03 Å². The molecule has 0 saturated heterocycles. The summed E-state index contributed by atoms with van der Waals surface area (Å²) in [4.78, 5) is 15.9. The summed E-state index contributed by atoms with van der Waals surface area (Å²) < 4.78 is 7.12. The van der Waals surface area contributed by atoms with Gasteiger partial charge in [0.05, 0.1) is 18.8 Å². The molecule has 0 unspecified atom stereocenters. The maximum Gasteiger partial charge on any atom is 0.315 e. The molecule has 0 bridgehead atoms. The Kier molecular flexibility index (Phi) is 5.57. The third-order valence-electron chi connectivity index (χ3n) is 3.73. The highest BCUT2D eigenvalue weighted by Crippen LogP contribution is 2.22. The van der Waals surface area contributed by atoms with Gasteiger partial charge in [0.2, 0.25) is 0 Å². The molecular weight excluding hydrogens is 282 g/mol. The summed E-state index contributed by atoms with van der Waals surface area (Å²) in [7, 11) is 1.88. The molecule has 2 heterocycles. The van der Waals surface area contributed by atoms with E-state index >= 15 is 0 Å². The minimum atomic E-state index is -0.261. The first-order valence-corrected chi connectivity index (χ1v) is 7.57. The van der Waals surface area contributed by atoms with Gasteiger partial charge in [0.15, 0.2) is 5.76 Å². The summed E-state index contributed by atoms with van der Waals surface area (Å²) in [5.74, 6) is 1.87. The molecule has 0 saturated carbocycles. The second-order valence-corrected chi connectivity index (χ2v) is 5.22. The molecule has 7 nitrogen and oxygen atoms in total. The van der Waals surface area contributed by atoms with Gasteiger partial charge in [-0.2, -0.15) is 0 Å². The maximum atomic E-state index is 11.8. The largest absolute Gasteiger partial charge is 0.359 e.